The number of aromatic amines is 1. The first kappa shape index (κ1) is 21.6. The molecule has 0 fully saturated rings. The van der Waals surface area contributed by atoms with E-state index >= 15 is 0 Å². The molecule has 4 N–H and O–H groups in total. The lowest BCUT2D eigenvalue weighted by molar-refractivity contribution is 0.0942. The Kier molecular flexibility index (Phi) is 6.09. The molecule has 0 bridgehead atoms. The van der Waals surface area contributed by atoms with Crippen molar-refractivity contribution in [2.75, 3.05) is 6.54 Å². The van der Waals surface area contributed by atoms with Crippen molar-refractivity contribution in [3.63, 3.8) is 0 Å². The summed E-state index contributed by atoms with van der Waals surface area (Å²) < 4.78 is 0.870. The number of hydrogen-bond acceptors (Lipinski definition) is 4. The van der Waals surface area contributed by atoms with E-state index in [2.05, 4.69) is 43.3 Å². The number of fused-ring (bicyclic) bond motifs is 1. The van der Waals surface area contributed by atoms with Crippen molar-refractivity contribution in [2.24, 2.45) is 5.73 Å². The van der Waals surface area contributed by atoms with E-state index in [1.165, 1.54) is 11.3 Å². The third kappa shape index (κ3) is 4.23. The third-order valence-corrected chi connectivity index (χ3v) is 7.61. The number of halogens is 1. The molecule has 5 nitrogen and oxygen atoms in total. The van der Waals surface area contributed by atoms with Gasteiger partial charge >= 0.3 is 0 Å². The van der Waals surface area contributed by atoms with Crippen LogP contribution in [-0.4, -0.2) is 22.4 Å². The second kappa shape index (κ2) is 9.31. The minimum atomic E-state index is -0.245. The number of thiophene rings is 1. The summed E-state index contributed by atoms with van der Waals surface area (Å²) in [4.78, 5) is 22.5. The van der Waals surface area contributed by atoms with Crippen LogP contribution >= 0.6 is 27.3 Å². The number of aromatic nitrogens is 2. The van der Waals surface area contributed by atoms with Gasteiger partial charge in [0.2, 0.25) is 0 Å². The fourth-order valence-electron chi connectivity index (χ4n) is 3.95. The highest BCUT2D eigenvalue weighted by atomic mass is 79.9. The molecule has 0 spiro atoms. The van der Waals surface area contributed by atoms with E-state index in [0.717, 1.165) is 42.6 Å². The predicted octanol–water partition coefficient (Wildman–Crippen LogP) is 6.15. The molecule has 1 amide bonds. The van der Waals surface area contributed by atoms with E-state index in [1.54, 1.807) is 6.20 Å². The normalized spacial score (nSPS) is 12.1. The maximum Gasteiger partial charge on any atom is 0.261 e. The lowest BCUT2D eigenvalue weighted by Crippen LogP contribution is -2.32. The number of pyridine rings is 1. The van der Waals surface area contributed by atoms with Crippen LogP contribution in [-0.2, 0) is 0 Å². The number of nitrogens with one attached hydrogen (secondary N) is 2. The number of amides is 1. The second-order valence-corrected chi connectivity index (χ2v) is 9.52. The zero-order valence-electron chi connectivity index (χ0n) is 17.6. The summed E-state index contributed by atoms with van der Waals surface area (Å²) in [7, 11) is 0. The number of benzene rings is 2. The first-order chi connectivity index (χ1) is 16.2. The van der Waals surface area contributed by atoms with Crippen molar-refractivity contribution in [3.8, 4) is 21.6 Å². The van der Waals surface area contributed by atoms with Gasteiger partial charge in [0, 0.05) is 39.9 Å². The molecule has 1 atom stereocenters. The highest BCUT2D eigenvalue weighted by Crippen LogP contribution is 2.42. The Balaban J connectivity index is 1.52. The number of carbonyl (C=O) groups excluding carboxylic acids is 1. The molecular weight excluding hydrogens is 496 g/mol. The lowest BCUT2D eigenvalue weighted by atomic mass is 10.0. The van der Waals surface area contributed by atoms with Crippen molar-refractivity contribution >= 4 is 44.2 Å². The van der Waals surface area contributed by atoms with Crippen molar-refractivity contribution < 1.29 is 4.79 Å². The van der Waals surface area contributed by atoms with Crippen LogP contribution in [0.1, 0.15) is 21.3 Å². The van der Waals surface area contributed by atoms with Crippen LogP contribution < -0.4 is 11.1 Å². The van der Waals surface area contributed by atoms with Crippen molar-refractivity contribution in [3.05, 3.63) is 100 Å². The molecule has 33 heavy (non-hydrogen) atoms. The van der Waals surface area contributed by atoms with Crippen LogP contribution in [0, 0.1) is 0 Å². The first-order valence-corrected chi connectivity index (χ1v) is 12.1. The number of nitrogens with zero attached hydrogens (tertiary/aromatic N) is 1. The Hall–Kier alpha value is -3.26. The maximum atomic E-state index is 13.1. The van der Waals surface area contributed by atoms with E-state index < -0.39 is 0 Å². The zero-order valence-corrected chi connectivity index (χ0v) is 20.0. The second-order valence-electron chi connectivity index (χ2n) is 7.61. The van der Waals surface area contributed by atoms with Gasteiger partial charge in [-0.1, -0.05) is 60.7 Å². The van der Waals surface area contributed by atoms with Gasteiger partial charge in [0.05, 0.1) is 15.8 Å². The molecule has 0 aliphatic rings. The van der Waals surface area contributed by atoms with Gasteiger partial charge in [0.1, 0.15) is 5.65 Å². The molecule has 0 aliphatic heterocycles. The molecule has 2 aromatic carbocycles. The van der Waals surface area contributed by atoms with Crippen molar-refractivity contribution in [1.82, 2.24) is 15.3 Å². The number of carbonyl (C=O) groups is 1. The summed E-state index contributed by atoms with van der Waals surface area (Å²) in [6.07, 6.45) is 3.77. The van der Waals surface area contributed by atoms with E-state index in [4.69, 9.17) is 5.73 Å². The Morgan fingerprint density at radius 1 is 1.06 bits per heavy atom. The molecule has 7 heteroatoms. The first-order valence-electron chi connectivity index (χ1n) is 10.5. The summed E-state index contributed by atoms with van der Waals surface area (Å²) in [5.74, 6) is -0.145. The fourth-order valence-corrected chi connectivity index (χ4v) is 5.77. The molecule has 5 aromatic rings. The summed E-state index contributed by atoms with van der Waals surface area (Å²) in [6, 6.07) is 23.6. The molecule has 3 heterocycles. The van der Waals surface area contributed by atoms with Gasteiger partial charge in [-0.05, 0) is 39.2 Å². The number of H-pyrrole nitrogens is 1. The molecule has 1 unspecified atom stereocenters. The van der Waals surface area contributed by atoms with Gasteiger partial charge < -0.3 is 16.0 Å². The third-order valence-electron chi connectivity index (χ3n) is 5.56. The Morgan fingerprint density at radius 2 is 1.79 bits per heavy atom. The number of hydrogen-bond donors (Lipinski definition) is 3. The van der Waals surface area contributed by atoms with E-state index in [9.17, 15) is 4.79 Å². The van der Waals surface area contributed by atoms with Crippen LogP contribution in [0.2, 0.25) is 0 Å². The monoisotopic (exact) mass is 516 g/mol. The molecule has 3 aromatic heterocycles. The summed E-state index contributed by atoms with van der Waals surface area (Å²) >= 11 is 5.13. The average Bonchev–Trinajstić information content (AvgIpc) is 3.47. The Bertz CT molecular complexity index is 1410. The smallest absolute Gasteiger partial charge is 0.261 e. The van der Waals surface area contributed by atoms with Crippen LogP contribution in [0.25, 0.3) is 32.6 Å². The molecule has 5 rings (SSSR count). The van der Waals surface area contributed by atoms with E-state index in [0.29, 0.717) is 11.4 Å². The zero-order chi connectivity index (χ0) is 22.8. The fraction of sp³-hybridized carbons (Fsp3) is 0.0769. The van der Waals surface area contributed by atoms with Gasteiger partial charge in [-0.3, -0.25) is 4.79 Å². The van der Waals surface area contributed by atoms with Crippen LogP contribution in [0.5, 0.6) is 0 Å². The predicted molar refractivity (Wildman–Crippen MR) is 138 cm³/mol. The van der Waals surface area contributed by atoms with Crippen LogP contribution in [0.15, 0.2) is 89.7 Å². The van der Waals surface area contributed by atoms with E-state index in [-0.39, 0.29) is 11.9 Å². The molecule has 164 valence electrons. The standard InChI is InChI=1S/C26H21BrN4OS/c27-20-13-22(26(32)31-21(14-28)17-9-5-2-6-10-17)33-24(20)18-11-12-29-25-23(18)19(15-30-25)16-7-3-1-4-8-16/h1-13,15,21H,14,28H2,(H,29,30)(H,31,32). The molecular formula is C26H21BrN4OS. The Morgan fingerprint density at radius 3 is 2.52 bits per heavy atom. The van der Waals surface area contributed by atoms with Crippen molar-refractivity contribution in [2.45, 2.75) is 6.04 Å². The van der Waals surface area contributed by atoms with Gasteiger partial charge in [0.25, 0.3) is 5.91 Å². The highest BCUT2D eigenvalue weighted by molar-refractivity contribution is 9.10. The Labute approximate surface area is 203 Å². The van der Waals surface area contributed by atoms with Gasteiger partial charge in [0.15, 0.2) is 0 Å². The average molecular weight is 517 g/mol. The molecule has 0 aliphatic carbocycles. The summed E-state index contributed by atoms with van der Waals surface area (Å²) in [5, 5.41) is 4.10. The topological polar surface area (TPSA) is 83.8 Å². The quantitative estimate of drug-likeness (QED) is 0.253. The maximum absolute atomic E-state index is 13.1. The molecule has 0 saturated carbocycles. The molecule has 0 saturated heterocycles. The van der Waals surface area contributed by atoms with Crippen LogP contribution in [0.3, 0.4) is 0 Å². The largest absolute Gasteiger partial charge is 0.345 e. The highest BCUT2D eigenvalue weighted by Gasteiger charge is 2.21. The van der Waals surface area contributed by atoms with Gasteiger partial charge in [-0.15, -0.1) is 11.3 Å². The van der Waals surface area contributed by atoms with Crippen LogP contribution in [0.4, 0.5) is 0 Å². The lowest BCUT2D eigenvalue weighted by Gasteiger charge is -2.16. The number of rotatable bonds is 6. The summed E-state index contributed by atoms with van der Waals surface area (Å²) in [5.41, 5.74) is 11.0. The SMILES string of the molecule is NCC(NC(=O)c1cc(Br)c(-c2ccnc3[nH]cc(-c4ccccc4)c23)s1)c1ccccc1. The van der Waals surface area contributed by atoms with Gasteiger partial charge in [-0.2, -0.15) is 0 Å². The van der Waals surface area contributed by atoms with Gasteiger partial charge in [-0.25, -0.2) is 4.98 Å². The van der Waals surface area contributed by atoms with Crippen molar-refractivity contribution in [1.29, 1.82) is 0 Å². The number of nitrogens with two attached hydrogens (primary N) is 1. The minimum absolute atomic E-state index is 0.145. The minimum Gasteiger partial charge on any atom is -0.345 e. The molecule has 0 radical (unpaired) electrons. The summed E-state index contributed by atoms with van der Waals surface area (Å²) in [6.45, 7) is 0.323. The van der Waals surface area contributed by atoms with E-state index in [1.807, 2.05) is 66.9 Å².